The monoisotopic (exact) mass is 380 g/mol. The van der Waals surface area contributed by atoms with Gasteiger partial charge in [-0.25, -0.2) is 14.8 Å². The number of fused-ring (bicyclic) bond motifs is 1. The van der Waals surface area contributed by atoms with Crippen LogP contribution in [-0.2, 0) is 0 Å². The molecular formula is C21H28N6O. The van der Waals surface area contributed by atoms with Crippen molar-refractivity contribution in [3.63, 3.8) is 0 Å². The van der Waals surface area contributed by atoms with Crippen LogP contribution in [0.15, 0.2) is 36.7 Å². The Kier molecular flexibility index (Phi) is 4.83. The highest BCUT2D eigenvalue weighted by molar-refractivity contribution is 5.75. The van der Waals surface area contributed by atoms with Gasteiger partial charge in [-0.3, -0.25) is 0 Å². The highest BCUT2D eigenvalue weighted by Gasteiger charge is 2.50. The Morgan fingerprint density at radius 1 is 1.14 bits per heavy atom. The minimum absolute atomic E-state index is 0.0841. The van der Waals surface area contributed by atoms with Crippen molar-refractivity contribution >= 4 is 17.7 Å². The van der Waals surface area contributed by atoms with Crippen LogP contribution in [0.1, 0.15) is 17.2 Å². The van der Waals surface area contributed by atoms with E-state index in [9.17, 15) is 4.79 Å². The van der Waals surface area contributed by atoms with Gasteiger partial charge >= 0.3 is 6.03 Å². The zero-order chi connectivity index (χ0) is 19.8. The number of hydrogen-bond acceptors (Lipinski definition) is 5. The summed E-state index contributed by atoms with van der Waals surface area (Å²) in [4.78, 5) is 28.0. The molecule has 1 aromatic heterocycles. The van der Waals surface area contributed by atoms with Gasteiger partial charge < -0.3 is 20.0 Å². The number of likely N-dealkylation sites (tertiary alicyclic amines) is 1. The molecule has 1 aromatic carbocycles. The number of aryl methyl sites for hydroxylation is 1. The molecule has 28 heavy (non-hydrogen) atoms. The van der Waals surface area contributed by atoms with E-state index in [-0.39, 0.29) is 12.1 Å². The van der Waals surface area contributed by atoms with Crippen LogP contribution in [-0.4, -0.2) is 66.6 Å². The molecule has 3 heterocycles. The summed E-state index contributed by atoms with van der Waals surface area (Å²) in [5.74, 6) is 2.49. The average Bonchev–Trinajstić information content (AvgIpc) is 3.25. The molecule has 2 aliphatic heterocycles. The average molecular weight is 380 g/mol. The summed E-state index contributed by atoms with van der Waals surface area (Å²) in [7, 11) is 5.53. The van der Waals surface area contributed by atoms with E-state index in [0.717, 1.165) is 31.3 Å². The molecule has 2 aliphatic rings. The number of amides is 2. The minimum atomic E-state index is 0.0841. The number of rotatable bonds is 3. The van der Waals surface area contributed by atoms with E-state index in [2.05, 4.69) is 56.3 Å². The Labute approximate surface area is 166 Å². The maximum atomic E-state index is 12.9. The third-order valence-electron chi connectivity index (χ3n) is 6.01. The highest BCUT2D eigenvalue weighted by atomic mass is 16.2. The molecule has 148 valence electrons. The summed E-state index contributed by atoms with van der Waals surface area (Å²) in [6.45, 7) is 4.66. The third-order valence-corrected chi connectivity index (χ3v) is 6.01. The summed E-state index contributed by atoms with van der Waals surface area (Å²) < 4.78 is 0. The van der Waals surface area contributed by atoms with Crippen molar-refractivity contribution in [3.8, 4) is 0 Å². The lowest BCUT2D eigenvalue weighted by molar-refractivity contribution is 0.159. The van der Waals surface area contributed by atoms with Crippen LogP contribution < -0.4 is 10.2 Å². The fraction of sp³-hybridized carbons (Fsp3) is 0.476. The number of urea groups is 1. The van der Waals surface area contributed by atoms with E-state index in [0.29, 0.717) is 11.8 Å². The van der Waals surface area contributed by atoms with Gasteiger partial charge in [-0.15, -0.1) is 0 Å². The molecule has 2 aromatic rings. The van der Waals surface area contributed by atoms with Gasteiger partial charge in [-0.05, 0) is 18.1 Å². The van der Waals surface area contributed by atoms with Crippen LogP contribution in [0.2, 0.25) is 0 Å². The molecule has 2 fully saturated rings. The molecule has 3 atom stereocenters. The first kappa shape index (κ1) is 18.5. The van der Waals surface area contributed by atoms with E-state index in [4.69, 9.17) is 0 Å². The molecule has 0 aliphatic carbocycles. The minimum Gasteiger partial charge on any atom is -0.370 e. The van der Waals surface area contributed by atoms with Gasteiger partial charge in [-0.2, -0.15) is 0 Å². The van der Waals surface area contributed by atoms with Crippen LogP contribution in [0, 0.1) is 18.8 Å². The lowest BCUT2D eigenvalue weighted by Crippen LogP contribution is -2.41. The van der Waals surface area contributed by atoms with Crippen molar-refractivity contribution < 1.29 is 4.79 Å². The molecule has 2 amide bonds. The second kappa shape index (κ2) is 7.30. The lowest BCUT2D eigenvalue weighted by atomic mass is 9.88. The van der Waals surface area contributed by atoms with Gasteiger partial charge in [0.15, 0.2) is 11.6 Å². The number of nitrogens with one attached hydrogen (secondary N) is 1. The number of benzene rings is 1. The standard InChI is InChI=1S/C21H28N6O/c1-14-7-5-6-8-16(14)18-17-13-26(20-19(22-2)23-9-10-24-20)11-15(17)12-27(18)21(28)25(3)4/h5-10,15,17-18H,11-13H2,1-4H3,(H,22,23)/t15-,17-,18+/m1/s1. The lowest BCUT2D eigenvalue weighted by Gasteiger charge is -2.33. The number of carbonyl (C=O) groups is 1. The largest absolute Gasteiger partial charge is 0.370 e. The Morgan fingerprint density at radius 3 is 2.61 bits per heavy atom. The quantitative estimate of drug-likeness (QED) is 0.887. The van der Waals surface area contributed by atoms with Crippen LogP contribution in [0.4, 0.5) is 16.4 Å². The van der Waals surface area contributed by atoms with E-state index >= 15 is 0 Å². The van der Waals surface area contributed by atoms with Gasteiger partial charge in [0.25, 0.3) is 0 Å². The third kappa shape index (κ3) is 3.04. The molecule has 4 rings (SSSR count). The number of aromatic nitrogens is 2. The van der Waals surface area contributed by atoms with Crippen LogP contribution in [0.25, 0.3) is 0 Å². The summed E-state index contributed by atoms with van der Waals surface area (Å²) in [6.07, 6.45) is 3.45. The first-order chi connectivity index (χ1) is 13.5. The molecule has 1 N–H and O–H groups in total. The first-order valence-corrected chi connectivity index (χ1v) is 9.78. The number of carbonyl (C=O) groups excluding carboxylic acids is 1. The highest BCUT2D eigenvalue weighted by Crippen LogP contribution is 2.47. The van der Waals surface area contributed by atoms with E-state index in [1.54, 1.807) is 17.3 Å². The van der Waals surface area contributed by atoms with Gasteiger partial charge in [0.1, 0.15) is 0 Å². The number of nitrogens with zero attached hydrogens (tertiary/aromatic N) is 5. The molecule has 0 spiro atoms. The van der Waals surface area contributed by atoms with Gasteiger partial charge in [-0.1, -0.05) is 24.3 Å². The van der Waals surface area contributed by atoms with Gasteiger partial charge in [0, 0.05) is 65.0 Å². The van der Waals surface area contributed by atoms with Crippen molar-refractivity contribution in [3.05, 3.63) is 47.8 Å². The zero-order valence-corrected chi connectivity index (χ0v) is 17.0. The molecule has 2 saturated heterocycles. The Balaban J connectivity index is 1.68. The molecular weight excluding hydrogens is 352 g/mol. The predicted molar refractivity (Wildman–Crippen MR) is 110 cm³/mol. The molecule has 0 saturated carbocycles. The van der Waals surface area contributed by atoms with E-state index in [1.165, 1.54) is 11.1 Å². The van der Waals surface area contributed by atoms with Crippen molar-refractivity contribution in [1.82, 2.24) is 19.8 Å². The van der Waals surface area contributed by atoms with Gasteiger partial charge in [0.05, 0.1) is 6.04 Å². The van der Waals surface area contributed by atoms with E-state index < -0.39 is 0 Å². The molecule has 0 bridgehead atoms. The molecule has 0 radical (unpaired) electrons. The molecule has 7 heteroatoms. The normalized spacial score (nSPS) is 23.6. The van der Waals surface area contributed by atoms with Crippen molar-refractivity contribution in [1.29, 1.82) is 0 Å². The number of hydrogen-bond donors (Lipinski definition) is 1. The van der Waals surface area contributed by atoms with E-state index in [1.807, 2.05) is 21.1 Å². The summed E-state index contributed by atoms with van der Waals surface area (Å²) >= 11 is 0. The van der Waals surface area contributed by atoms with Crippen molar-refractivity contribution in [2.45, 2.75) is 13.0 Å². The van der Waals surface area contributed by atoms with Crippen molar-refractivity contribution in [2.75, 3.05) is 51.0 Å². The van der Waals surface area contributed by atoms with Gasteiger partial charge in [0.2, 0.25) is 0 Å². The molecule has 0 unspecified atom stereocenters. The topological polar surface area (TPSA) is 64.6 Å². The second-order valence-corrected chi connectivity index (χ2v) is 7.94. The predicted octanol–water partition coefficient (Wildman–Crippen LogP) is 2.62. The molecule has 7 nitrogen and oxygen atoms in total. The first-order valence-electron chi connectivity index (χ1n) is 9.78. The fourth-order valence-electron chi connectivity index (χ4n) is 4.73. The van der Waals surface area contributed by atoms with Crippen molar-refractivity contribution in [2.24, 2.45) is 11.8 Å². The second-order valence-electron chi connectivity index (χ2n) is 7.94. The van der Waals surface area contributed by atoms with Crippen LogP contribution in [0.5, 0.6) is 0 Å². The Morgan fingerprint density at radius 2 is 1.89 bits per heavy atom. The Hall–Kier alpha value is -2.83. The smallest absolute Gasteiger partial charge is 0.320 e. The fourth-order valence-corrected chi connectivity index (χ4v) is 4.73. The SMILES string of the molecule is CNc1nccnc1N1C[C@@H]2CN(C(=O)N(C)C)[C@@H](c3ccccc3C)[C@@H]2C1. The maximum Gasteiger partial charge on any atom is 0.320 e. The van der Waals surface area contributed by atoms with Crippen LogP contribution in [0.3, 0.4) is 0 Å². The Bertz CT molecular complexity index is 869. The zero-order valence-electron chi connectivity index (χ0n) is 17.0. The summed E-state index contributed by atoms with van der Waals surface area (Å²) in [5, 5.41) is 3.15. The maximum absolute atomic E-state index is 12.9. The summed E-state index contributed by atoms with van der Waals surface area (Å²) in [6, 6.07) is 8.61. The summed E-state index contributed by atoms with van der Waals surface area (Å²) in [5.41, 5.74) is 2.48. The van der Waals surface area contributed by atoms with Crippen LogP contribution >= 0.6 is 0 Å². The number of anilines is 2.